The quantitative estimate of drug-likeness (QED) is 0.747. The molecule has 18 heavy (non-hydrogen) atoms. The zero-order chi connectivity index (χ0) is 12.7. The lowest BCUT2D eigenvalue weighted by Crippen LogP contribution is -2.36. The molecule has 1 aliphatic heterocycles. The highest BCUT2D eigenvalue weighted by Crippen LogP contribution is 2.31. The summed E-state index contributed by atoms with van der Waals surface area (Å²) in [4.78, 5) is 28.1. The van der Waals surface area contributed by atoms with E-state index in [-0.39, 0.29) is 18.1 Å². The van der Waals surface area contributed by atoms with Crippen LogP contribution in [0.3, 0.4) is 0 Å². The van der Waals surface area contributed by atoms with E-state index in [0.29, 0.717) is 17.3 Å². The summed E-state index contributed by atoms with van der Waals surface area (Å²) in [6.45, 7) is -0.00170. The Bertz CT molecular complexity index is 673. The Kier molecular flexibility index (Phi) is 2.19. The van der Waals surface area contributed by atoms with Gasteiger partial charge in [-0.15, -0.1) is 0 Å². The molecule has 3 rings (SSSR count). The fourth-order valence-electron chi connectivity index (χ4n) is 1.78. The third-order valence-corrected chi connectivity index (χ3v) is 2.78. The van der Waals surface area contributed by atoms with Crippen molar-refractivity contribution in [1.82, 2.24) is 15.2 Å². The summed E-state index contributed by atoms with van der Waals surface area (Å²) in [5.74, 6) is 0.863. The number of nitrogens with zero attached hydrogens (tertiary/aromatic N) is 2. The van der Waals surface area contributed by atoms with Gasteiger partial charge in [0.25, 0.3) is 11.5 Å². The van der Waals surface area contributed by atoms with Crippen molar-refractivity contribution in [3.8, 4) is 17.0 Å². The molecule has 0 bridgehead atoms. The topological polar surface area (TPSA) is 91.1 Å². The van der Waals surface area contributed by atoms with Crippen LogP contribution in [0, 0.1) is 0 Å². The molecule has 0 saturated carbocycles. The van der Waals surface area contributed by atoms with Crippen LogP contribution < -0.4 is 15.2 Å². The van der Waals surface area contributed by atoms with Crippen LogP contribution in [0.1, 0.15) is 0 Å². The van der Waals surface area contributed by atoms with E-state index in [9.17, 15) is 9.59 Å². The molecule has 0 radical (unpaired) electrons. The summed E-state index contributed by atoms with van der Waals surface area (Å²) >= 11 is 0. The highest BCUT2D eigenvalue weighted by Gasteiger charge is 2.24. The maximum absolute atomic E-state index is 11.4. The molecule has 1 aliphatic rings. The van der Waals surface area contributed by atoms with Gasteiger partial charge in [0.2, 0.25) is 0 Å². The minimum atomic E-state index is -0.212. The number of ether oxygens (including phenoxy) is 1. The molecule has 7 heteroatoms. The highest BCUT2D eigenvalue weighted by molar-refractivity contribution is 5.96. The summed E-state index contributed by atoms with van der Waals surface area (Å²) in [5, 5.41) is 5.18. The molecule has 7 nitrogen and oxygen atoms in total. The Morgan fingerprint density at radius 1 is 1.33 bits per heavy atom. The number of amides is 1. The molecule has 0 fully saturated rings. The maximum Gasteiger partial charge on any atom is 0.265 e. The average Bonchev–Trinajstić information content (AvgIpc) is 2.80. The normalized spacial score (nSPS) is 14.3. The SMILES string of the molecule is CN1C(=O)COc2cc(-c3cc(=O)[nH][nH]3)cnc21. The molecule has 2 aromatic rings. The van der Waals surface area contributed by atoms with E-state index in [1.54, 1.807) is 19.3 Å². The van der Waals surface area contributed by atoms with Gasteiger partial charge in [0, 0.05) is 24.9 Å². The third-order valence-electron chi connectivity index (χ3n) is 2.78. The average molecular weight is 246 g/mol. The van der Waals surface area contributed by atoms with Crippen LogP contribution >= 0.6 is 0 Å². The fraction of sp³-hybridized carbons (Fsp3) is 0.182. The van der Waals surface area contributed by atoms with Gasteiger partial charge in [0.05, 0.1) is 5.69 Å². The lowest BCUT2D eigenvalue weighted by Gasteiger charge is -2.24. The number of nitrogens with one attached hydrogen (secondary N) is 2. The lowest BCUT2D eigenvalue weighted by atomic mass is 10.2. The van der Waals surface area contributed by atoms with E-state index in [1.807, 2.05) is 0 Å². The van der Waals surface area contributed by atoms with Gasteiger partial charge in [-0.25, -0.2) is 4.98 Å². The van der Waals surface area contributed by atoms with Gasteiger partial charge in [-0.3, -0.25) is 24.7 Å². The van der Waals surface area contributed by atoms with Gasteiger partial charge in [-0.1, -0.05) is 0 Å². The summed E-state index contributed by atoms with van der Waals surface area (Å²) < 4.78 is 5.32. The Labute approximate surface area is 101 Å². The standard InChI is InChI=1S/C11H10N4O3/c1-15-10(17)5-18-8-2-6(4-12-11(8)15)7-3-9(16)14-13-7/h2-4H,5H2,1H3,(H2,13,14,16). The molecule has 1 amide bonds. The van der Waals surface area contributed by atoms with Gasteiger partial charge >= 0.3 is 0 Å². The first-order valence-corrected chi connectivity index (χ1v) is 5.32. The number of fused-ring (bicyclic) bond motifs is 1. The van der Waals surface area contributed by atoms with Crippen LogP contribution in [0.25, 0.3) is 11.3 Å². The monoisotopic (exact) mass is 246 g/mol. The second-order valence-corrected chi connectivity index (χ2v) is 3.96. The molecule has 0 aliphatic carbocycles. The van der Waals surface area contributed by atoms with E-state index in [4.69, 9.17) is 4.74 Å². The van der Waals surface area contributed by atoms with Crippen LogP contribution in [0.2, 0.25) is 0 Å². The minimum Gasteiger partial charge on any atom is -0.480 e. The van der Waals surface area contributed by atoms with Gasteiger partial charge in [-0.05, 0) is 6.07 Å². The maximum atomic E-state index is 11.4. The van der Waals surface area contributed by atoms with Gasteiger partial charge in [0.1, 0.15) is 0 Å². The van der Waals surface area contributed by atoms with Crippen molar-refractivity contribution in [2.45, 2.75) is 0 Å². The molecule has 0 unspecified atom stereocenters. The number of carbonyl (C=O) groups is 1. The number of hydrogen-bond donors (Lipinski definition) is 2. The molecule has 0 aromatic carbocycles. The first-order valence-electron chi connectivity index (χ1n) is 5.32. The van der Waals surface area contributed by atoms with Crippen molar-refractivity contribution in [2.75, 3.05) is 18.6 Å². The van der Waals surface area contributed by atoms with Gasteiger partial charge in [0.15, 0.2) is 18.2 Å². The Hall–Kier alpha value is -2.57. The first-order chi connectivity index (χ1) is 8.65. The summed E-state index contributed by atoms with van der Waals surface area (Å²) in [5.41, 5.74) is 1.13. The Morgan fingerprint density at radius 2 is 2.17 bits per heavy atom. The molecular formula is C11H10N4O3. The van der Waals surface area contributed by atoms with Crippen molar-refractivity contribution in [2.24, 2.45) is 0 Å². The number of carbonyl (C=O) groups excluding carboxylic acids is 1. The van der Waals surface area contributed by atoms with Crippen molar-refractivity contribution in [3.63, 3.8) is 0 Å². The zero-order valence-corrected chi connectivity index (χ0v) is 9.56. The third kappa shape index (κ3) is 1.56. The summed E-state index contributed by atoms with van der Waals surface area (Å²) in [7, 11) is 1.65. The summed E-state index contributed by atoms with van der Waals surface area (Å²) in [6, 6.07) is 3.17. The highest BCUT2D eigenvalue weighted by atomic mass is 16.5. The number of H-pyrrole nitrogens is 2. The lowest BCUT2D eigenvalue weighted by molar-refractivity contribution is -0.121. The fourth-order valence-corrected chi connectivity index (χ4v) is 1.78. The van der Waals surface area contributed by atoms with Crippen LogP contribution in [0.5, 0.6) is 5.75 Å². The number of aromatic nitrogens is 3. The molecule has 92 valence electrons. The van der Waals surface area contributed by atoms with Crippen LogP contribution in [0.4, 0.5) is 5.82 Å². The smallest absolute Gasteiger partial charge is 0.265 e. The number of hydrogen-bond acceptors (Lipinski definition) is 4. The number of pyridine rings is 1. The van der Waals surface area contributed by atoms with Gasteiger partial charge < -0.3 is 4.74 Å². The zero-order valence-electron chi connectivity index (χ0n) is 9.56. The van der Waals surface area contributed by atoms with Crippen molar-refractivity contribution in [3.05, 3.63) is 28.7 Å². The van der Waals surface area contributed by atoms with Gasteiger partial charge in [-0.2, -0.15) is 0 Å². The second-order valence-electron chi connectivity index (χ2n) is 3.96. The molecule has 2 N–H and O–H groups in total. The van der Waals surface area contributed by atoms with Crippen LogP contribution in [-0.4, -0.2) is 34.7 Å². The molecule has 0 atom stereocenters. The molecule has 3 heterocycles. The predicted molar refractivity (Wildman–Crippen MR) is 63.5 cm³/mol. The minimum absolute atomic E-state index is 0.00170. The predicted octanol–water partition coefficient (Wildman–Crippen LogP) is 0.120. The Balaban J connectivity index is 2.07. The number of aromatic amines is 2. The van der Waals surface area contributed by atoms with E-state index in [2.05, 4.69) is 15.2 Å². The molecular weight excluding hydrogens is 236 g/mol. The van der Waals surface area contributed by atoms with E-state index in [0.717, 1.165) is 5.56 Å². The van der Waals surface area contributed by atoms with Crippen molar-refractivity contribution < 1.29 is 9.53 Å². The molecule has 0 saturated heterocycles. The number of rotatable bonds is 1. The first kappa shape index (κ1) is 10.6. The molecule has 0 spiro atoms. The molecule has 2 aromatic heterocycles. The number of anilines is 1. The number of likely N-dealkylation sites (N-methyl/N-ethyl adjacent to an activating group) is 1. The van der Waals surface area contributed by atoms with E-state index in [1.165, 1.54) is 11.0 Å². The largest absolute Gasteiger partial charge is 0.480 e. The van der Waals surface area contributed by atoms with Crippen LogP contribution in [0.15, 0.2) is 23.1 Å². The van der Waals surface area contributed by atoms with Crippen LogP contribution in [-0.2, 0) is 4.79 Å². The van der Waals surface area contributed by atoms with Crippen molar-refractivity contribution in [1.29, 1.82) is 0 Å². The Morgan fingerprint density at radius 3 is 2.89 bits per heavy atom. The van der Waals surface area contributed by atoms with E-state index < -0.39 is 0 Å². The van der Waals surface area contributed by atoms with Crippen molar-refractivity contribution >= 4 is 11.7 Å². The summed E-state index contributed by atoms with van der Waals surface area (Å²) in [6.07, 6.45) is 1.58. The van der Waals surface area contributed by atoms with E-state index >= 15 is 0 Å². The second kappa shape index (κ2) is 3.73.